The van der Waals surface area contributed by atoms with Gasteiger partial charge in [-0.3, -0.25) is 0 Å². The number of hydrogen-bond donors (Lipinski definition) is 1. The molecule has 0 unspecified atom stereocenters. The Labute approximate surface area is 99.3 Å². The van der Waals surface area contributed by atoms with Crippen molar-refractivity contribution in [2.45, 2.75) is 46.6 Å². The Bertz CT molecular complexity index is 206. The average Bonchev–Trinajstić information content (AvgIpc) is 2.27. The minimum Gasteiger partial charge on any atom is -0.488 e. The molecule has 0 aromatic carbocycles. The van der Waals surface area contributed by atoms with Crippen molar-refractivity contribution in [3.05, 3.63) is 0 Å². The topological polar surface area (TPSA) is 66.1 Å². The van der Waals surface area contributed by atoms with Crippen LogP contribution in [0, 0.1) is 0 Å². The lowest BCUT2D eigenvalue weighted by molar-refractivity contribution is 0.111. The summed E-state index contributed by atoms with van der Waals surface area (Å²) < 4.78 is 17.1. The van der Waals surface area contributed by atoms with Gasteiger partial charge in [-0.15, -0.1) is 0 Å². The highest BCUT2D eigenvalue weighted by Crippen LogP contribution is 2.19. The van der Waals surface area contributed by atoms with Crippen LogP contribution >= 0.6 is 0 Å². The monoisotopic (exact) mass is 248 g/mol. The van der Waals surface area contributed by atoms with E-state index in [1.807, 2.05) is 13.8 Å². The smallest absolute Gasteiger partial charge is 0.488 e. The summed E-state index contributed by atoms with van der Waals surface area (Å²) in [5.41, 5.74) is 0. The van der Waals surface area contributed by atoms with Crippen LogP contribution in [0.5, 0.6) is 0 Å². The van der Waals surface area contributed by atoms with Gasteiger partial charge < -0.3 is 19.1 Å². The molecule has 0 aliphatic rings. The predicted molar refractivity (Wildman–Crippen MR) is 67.1 cm³/mol. The highest BCUT2D eigenvalue weighted by atomic mass is 28.4. The van der Waals surface area contributed by atoms with Crippen molar-refractivity contribution < 1.29 is 13.3 Å². The number of nitrogens with two attached hydrogens (primary N) is 1. The van der Waals surface area contributed by atoms with Gasteiger partial charge in [0.25, 0.3) is 0 Å². The van der Waals surface area contributed by atoms with E-state index in [-0.39, 0.29) is 0 Å². The number of unbranched alkanes of at least 4 members (excludes halogenated alkanes) is 1. The van der Waals surface area contributed by atoms with E-state index >= 15 is 0 Å². The molecular weight excluding hydrogens is 224 g/mol. The third-order valence-electron chi connectivity index (χ3n) is 2.05. The zero-order valence-corrected chi connectivity index (χ0v) is 11.8. The zero-order chi connectivity index (χ0) is 12.4. The Morgan fingerprint density at radius 1 is 1.19 bits per heavy atom. The Balaban J connectivity index is 4.62. The molecule has 0 aromatic heterocycles. The van der Waals surface area contributed by atoms with Crippen LogP contribution in [0.3, 0.4) is 0 Å². The lowest BCUT2D eigenvalue weighted by Crippen LogP contribution is -2.47. The quantitative estimate of drug-likeness (QED) is 0.235. The van der Waals surface area contributed by atoms with Gasteiger partial charge in [0.2, 0.25) is 0 Å². The van der Waals surface area contributed by atoms with E-state index in [0.717, 1.165) is 18.9 Å². The van der Waals surface area contributed by atoms with Crippen LogP contribution in [0.15, 0.2) is 5.10 Å². The van der Waals surface area contributed by atoms with E-state index in [0.29, 0.717) is 19.1 Å². The molecule has 16 heavy (non-hydrogen) atoms. The van der Waals surface area contributed by atoms with Crippen LogP contribution in [0.1, 0.15) is 40.5 Å². The maximum atomic E-state index is 5.70. The normalized spacial score (nSPS) is 12.9. The Hall–Kier alpha value is -0.593. The molecule has 0 radical (unpaired) electrons. The summed E-state index contributed by atoms with van der Waals surface area (Å²) in [4.78, 5) is 0. The third kappa shape index (κ3) is 5.48. The molecule has 0 amide bonds. The van der Waals surface area contributed by atoms with Gasteiger partial charge >= 0.3 is 8.80 Å². The molecule has 0 saturated heterocycles. The van der Waals surface area contributed by atoms with Crippen LogP contribution in [-0.2, 0) is 13.3 Å². The van der Waals surface area contributed by atoms with Crippen molar-refractivity contribution in [2.75, 3.05) is 13.2 Å². The molecule has 5 nitrogen and oxygen atoms in total. The summed E-state index contributed by atoms with van der Waals surface area (Å²) in [6.45, 7) is 8.87. The first kappa shape index (κ1) is 15.4. The molecule has 6 heteroatoms. The van der Waals surface area contributed by atoms with Crippen molar-refractivity contribution in [3.8, 4) is 0 Å². The summed E-state index contributed by atoms with van der Waals surface area (Å²) in [6, 6.07) is 0.804. The number of hydrazone groups is 1. The minimum atomic E-state index is -2.61. The molecule has 0 saturated carbocycles. The SMILES string of the molecule is CCCC[Si](OCC)(OCC)OC(C)=NN. The molecule has 0 aromatic rings. The van der Waals surface area contributed by atoms with Crippen LogP contribution in [-0.4, -0.2) is 27.9 Å². The number of rotatable bonds is 8. The lowest BCUT2D eigenvalue weighted by Gasteiger charge is -2.28. The van der Waals surface area contributed by atoms with Crippen LogP contribution < -0.4 is 5.84 Å². The molecule has 0 atom stereocenters. The summed E-state index contributed by atoms with van der Waals surface area (Å²) >= 11 is 0. The first-order valence-corrected chi connectivity index (χ1v) is 7.78. The van der Waals surface area contributed by atoms with Gasteiger partial charge in [0.15, 0.2) is 5.90 Å². The fourth-order valence-electron chi connectivity index (χ4n) is 1.38. The summed E-state index contributed by atoms with van der Waals surface area (Å²) in [7, 11) is -2.61. The molecule has 0 heterocycles. The first-order chi connectivity index (χ1) is 7.64. The van der Waals surface area contributed by atoms with Crippen molar-refractivity contribution in [2.24, 2.45) is 10.9 Å². The zero-order valence-electron chi connectivity index (χ0n) is 10.8. The molecule has 0 rings (SSSR count). The Morgan fingerprint density at radius 3 is 2.12 bits per heavy atom. The molecule has 0 aliphatic carbocycles. The molecule has 0 aliphatic heterocycles. The van der Waals surface area contributed by atoms with Gasteiger partial charge in [-0.1, -0.05) is 13.3 Å². The highest BCUT2D eigenvalue weighted by molar-refractivity contribution is 6.62. The van der Waals surface area contributed by atoms with Crippen LogP contribution in [0.4, 0.5) is 0 Å². The fraction of sp³-hybridized carbons (Fsp3) is 0.900. The third-order valence-corrected chi connectivity index (χ3v) is 5.08. The van der Waals surface area contributed by atoms with E-state index in [4.69, 9.17) is 19.1 Å². The van der Waals surface area contributed by atoms with E-state index in [2.05, 4.69) is 12.0 Å². The molecule has 0 fully saturated rings. The van der Waals surface area contributed by atoms with Crippen molar-refractivity contribution in [1.82, 2.24) is 0 Å². The van der Waals surface area contributed by atoms with Gasteiger partial charge in [-0.05, 0) is 20.3 Å². The summed E-state index contributed by atoms with van der Waals surface area (Å²) in [6.07, 6.45) is 2.10. The standard InChI is InChI=1S/C10H24N2O3Si/c1-5-8-9-16(13-6-2,14-7-3)15-10(4)12-11/h5-9,11H2,1-4H3. The maximum absolute atomic E-state index is 5.70. The maximum Gasteiger partial charge on any atom is 0.566 e. The summed E-state index contributed by atoms with van der Waals surface area (Å²) in [5, 5.41) is 3.52. The first-order valence-electron chi connectivity index (χ1n) is 5.85. The van der Waals surface area contributed by atoms with E-state index in [9.17, 15) is 0 Å². The second kappa shape index (κ2) is 8.55. The van der Waals surface area contributed by atoms with Gasteiger partial charge in [-0.25, -0.2) is 0 Å². The lowest BCUT2D eigenvalue weighted by atomic mass is 10.4. The predicted octanol–water partition coefficient (Wildman–Crippen LogP) is 2.11. The average molecular weight is 248 g/mol. The Kier molecular flexibility index (Phi) is 8.23. The van der Waals surface area contributed by atoms with Gasteiger partial charge in [-0.2, -0.15) is 5.10 Å². The van der Waals surface area contributed by atoms with Gasteiger partial charge in [0.05, 0.1) is 0 Å². The van der Waals surface area contributed by atoms with Crippen molar-refractivity contribution in [1.29, 1.82) is 0 Å². The van der Waals surface area contributed by atoms with Crippen molar-refractivity contribution in [3.63, 3.8) is 0 Å². The van der Waals surface area contributed by atoms with E-state index in [1.165, 1.54) is 0 Å². The molecule has 0 spiro atoms. The summed E-state index contributed by atoms with van der Waals surface area (Å²) in [5.74, 6) is 5.60. The largest absolute Gasteiger partial charge is 0.566 e. The second-order valence-corrected chi connectivity index (χ2v) is 6.05. The minimum absolute atomic E-state index is 0.421. The van der Waals surface area contributed by atoms with Crippen LogP contribution in [0.25, 0.3) is 0 Å². The second-order valence-electron chi connectivity index (χ2n) is 3.40. The Morgan fingerprint density at radius 2 is 1.75 bits per heavy atom. The van der Waals surface area contributed by atoms with E-state index in [1.54, 1.807) is 6.92 Å². The molecular formula is C10H24N2O3Si. The molecule has 2 N–H and O–H groups in total. The van der Waals surface area contributed by atoms with Crippen molar-refractivity contribution >= 4 is 14.7 Å². The molecule has 0 bridgehead atoms. The van der Waals surface area contributed by atoms with Gasteiger partial charge in [0, 0.05) is 26.2 Å². The molecule has 96 valence electrons. The number of hydrogen-bond acceptors (Lipinski definition) is 5. The van der Waals surface area contributed by atoms with E-state index < -0.39 is 8.80 Å². The van der Waals surface area contributed by atoms with Gasteiger partial charge in [0.1, 0.15) is 0 Å². The fourth-order valence-corrected chi connectivity index (χ4v) is 4.14. The highest BCUT2D eigenvalue weighted by Gasteiger charge is 2.42. The number of nitrogens with zero attached hydrogens (tertiary/aromatic N) is 1. The van der Waals surface area contributed by atoms with Crippen LogP contribution in [0.2, 0.25) is 6.04 Å².